The summed E-state index contributed by atoms with van der Waals surface area (Å²) in [6, 6.07) is 0. The number of carbonyl (C=O) groups excluding carboxylic acids is 2. The van der Waals surface area contributed by atoms with Gasteiger partial charge in [-0.15, -0.1) is 0 Å². The van der Waals surface area contributed by atoms with Crippen LogP contribution in [0.1, 0.15) is 26.7 Å². The summed E-state index contributed by atoms with van der Waals surface area (Å²) < 4.78 is 4.76. The number of rotatable bonds is 7. The smallest absolute Gasteiger partial charge is 0.361 e. The molecule has 0 aliphatic rings. The van der Waals surface area contributed by atoms with E-state index in [0.717, 1.165) is 0 Å². The number of nitrogens with zero attached hydrogens (tertiary/aromatic N) is 1. The Labute approximate surface area is 101 Å². The molecule has 0 saturated heterocycles. The standard InChI is InChI=1S/C12H17NO4/c1-5-9(3)11(14)16-8-7-13-17-12(15)10(4)6-2/h7H,3-6,8H2,1-2H3. The molecule has 5 nitrogen and oxygen atoms in total. The second-order valence-electron chi connectivity index (χ2n) is 3.18. The van der Waals surface area contributed by atoms with E-state index >= 15 is 0 Å². The highest BCUT2D eigenvalue weighted by atomic mass is 16.7. The fraction of sp³-hybridized carbons (Fsp3) is 0.417. The molecule has 5 heteroatoms. The first-order chi connectivity index (χ1) is 8.02. The van der Waals surface area contributed by atoms with E-state index in [4.69, 9.17) is 4.74 Å². The minimum atomic E-state index is -0.590. The third-order valence-corrected chi connectivity index (χ3v) is 1.93. The molecule has 17 heavy (non-hydrogen) atoms. The summed E-state index contributed by atoms with van der Waals surface area (Å²) in [5.74, 6) is -1.07. The van der Waals surface area contributed by atoms with Crippen molar-refractivity contribution < 1.29 is 19.2 Å². The van der Waals surface area contributed by atoms with Crippen molar-refractivity contribution in [2.75, 3.05) is 6.61 Å². The highest BCUT2D eigenvalue weighted by Gasteiger charge is 2.06. The van der Waals surface area contributed by atoms with Crippen molar-refractivity contribution in [2.45, 2.75) is 26.7 Å². The molecule has 0 radical (unpaired) electrons. The van der Waals surface area contributed by atoms with E-state index in [2.05, 4.69) is 23.2 Å². The average Bonchev–Trinajstić information content (AvgIpc) is 2.35. The maximum atomic E-state index is 11.1. The molecule has 0 unspecified atom stereocenters. The Morgan fingerprint density at radius 3 is 2.18 bits per heavy atom. The van der Waals surface area contributed by atoms with Crippen LogP contribution >= 0.6 is 0 Å². The summed E-state index contributed by atoms with van der Waals surface area (Å²) in [7, 11) is 0. The van der Waals surface area contributed by atoms with E-state index in [-0.39, 0.29) is 6.61 Å². The number of oxime groups is 1. The molecule has 0 bridgehead atoms. The van der Waals surface area contributed by atoms with Gasteiger partial charge in [-0.1, -0.05) is 32.2 Å². The minimum absolute atomic E-state index is 0.0657. The predicted octanol–water partition coefficient (Wildman–Crippen LogP) is 1.99. The molecular weight excluding hydrogens is 222 g/mol. The number of carbonyl (C=O) groups is 2. The summed E-state index contributed by atoms with van der Waals surface area (Å²) in [4.78, 5) is 26.7. The Morgan fingerprint density at radius 2 is 1.65 bits per heavy atom. The molecule has 0 aromatic carbocycles. The normalized spacial score (nSPS) is 10.0. The van der Waals surface area contributed by atoms with Crippen LogP contribution in [0, 0.1) is 0 Å². The van der Waals surface area contributed by atoms with Gasteiger partial charge in [-0.2, -0.15) is 0 Å². The first kappa shape index (κ1) is 15.1. The Hall–Kier alpha value is -1.91. The van der Waals surface area contributed by atoms with E-state index in [1.54, 1.807) is 13.8 Å². The van der Waals surface area contributed by atoms with Crippen molar-refractivity contribution in [1.82, 2.24) is 0 Å². The van der Waals surface area contributed by atoms with E-state index in [1.165, 1.54) is 6.21 Å². The number of esters is 1. The molecule has 0 heterocycles. The molecule has 94 valence electrons. The molecular formula is C12H17NO4. The van der Waals surface area contributed by atoms with Crippen LogP contribution in [0.15, 0.2) is 29.5 Å². The van der Waals surface area contributed by atoms with Crippen molar-refractivity contribution in [3.8, 4) is 0 Å². The maximum absolute atomic E-state index is 11.1. The molecule has 0 spiro atoms. The van der Waals surface area contributed by atoms with Gasteiger partial charge in [0.05, 0.1) is 6.21 Å². The zero-order valence-corrected chi connectivity index (χ0v) is 10.2. The van der Waals surface area contributed by atoms with E-state index in [0.29, 0.717) is 24.0 Å². The van der Waals surface area contributed by atoms with Gasteiger partial charge in [0, 0.05) is 11.1 Å². The first-order valence-electron chi connectivity index (χ1n) is 5.28. The van der Waals surface area contributed by atoms with Gasteiger partial charge < -0.3 is 9.57 Å². The van der Waals surface area contributed by atoms with Gasteiger partial charge in [0.2, 0.25) is 0 Å². The largest absolute Gasteiger partial charge is 0.456 e. The molecule has 0 saturated carbocycles. The SMILES string of the molecule is C=C(CC)C(=O)OCC=NOC(=O)C(=C)CC. The van der Waals surface area contributed by atoms with Crippen LogP contribution in [-0.4, -0.2) is 24.8 Å². The number of ether oxygens (including phenoxy) is 1. The van der Waals surface area contributed by atoms with Gasteiger partial charge in [-0.05, 0) is 12.8 Å². The van der Waals surface area contributed by atoms with Gasteiger partial charge in [-0.25, -0.2) is 9.59 Å². The Morgan fingerprint density at radius 1 is 1.12 bits per heavy atom. The van der Waals surface area contributed by atoms with Gasteiger partial charge >= 0.3 is 11.9 Å². The number of hydrogen-bond acceptors (Lipinski definition) is 5. The summed E-state index contributed by atoms with van der Waals surface area (Å²) in [6.07, 6.45) is 2.21. The molecule has 0 aliphatic heterocycles. The fourth-order valence-electron chi connectivity index (χ4n) is 0.684. The summed E-state index contributed by atoms with van der Waals surface area (Å²) >= 11 is 0. The molecule has 0 atom stereocenters. The van der Waals surface area contributed by atoms with Crippen LogP contribution in [0.5, 0.6) is 0 Å². The molecule has 0 amide bonds. The molecule has 0 aromatic rings. The van der Waals surface area contributed by atoms with Crippen molar-refractivity contribution >= 4 is 18.2 Å². The van der Waals surface area contributed by atoms with Crippen molar-refractivity contribution in [3.05, 3.63) is 24.3 Å². The quantitative estimate of drug-likeness (QED) is 0.224. The Balaban J connectivity index is 3.83. The zero-order valence-electron chi connectivity index (χ0n) is 10.2. The monoisotopic (exact) mass is 239 g/mol. The fourth-order valence-corrected chi connectivity index (χ4v) is 0.684. The Bertz CT molecular complexity index is 344. The maximum Gasteiger partial charge on any atom is 0.361 e. The lowest BCUT2D eigenvalue weighted by Crippen LogP contribution is -2.09. The summed E-state index contributed by atoms with van der Waals surface area (Å²) in [6.45, 7) is 10.5. The lowest BCUT2D eigenvalue weighted by Gasteiger charge is -2.01. The number of hydrogen-bond donors (Lipinski definition) is 0. The second kappa shape index (κ2) is 8.27. The second-order valence-corrected chi connectivity index (χ2v) is 3.18. The van der Waals surface area contributed by atoms with Crippen LogP contribution in [0.3, 0.4) is 0 Å². The van der Waals surface area contributed by atoms with Gasteiger partial charge in [0.1, 0.15) is 6.61 Å². The van der Waals surface area contributed by atoms with Crippen molar-refractivity contribution in [1.29, 1.82) is 0 Å². The third-order valence-electron chi connectivity index (χ3n) is 1.93. The molecule has 0 N–H and O–H groups in total. The highest BCUT2D eigenvalue weighted by Crippen LogP contribution is 2.00. The van der Waals surface area contributed by atoms with E-state index in [1.807, 2.05) is 0 Å². The van der Waals surface area contributed by atoms with Crippen LogP contribution < -0.4 is 0 Å². The highest BCUT2D eigenvalue weighted by molar-refractivity contribution is 5.89. The summed E-state index contributed by atoms with van der Waals surface area (Å²) in [5, 5.41) is 3.36. The zero-order chi connectivity index (χ0) is 13.3. The van der Waals surface area contributed by atoms with E-state index in [9.17, 15) is 9.59 Å². The van der Waals surface area contributed by atoms with E-state index < -0.39 is 11.9 Å². The van der Waals surface area contributed by atoms with Crippen LogP contribution in [0.25, 0.3) is 0 Å². The van der Waals surface area contributed by atoms with Crippen LogP contribution in [-0.2, 0) is 19.2 Å². The average molecular weight is 239 g/mol. The molecule has 0 aromatic heterocycles. The lowest BCUT2D eigenvalue weighted by molar-refractivity contribution is -0.139. The first-order valence-corrected chi connectivity index (χ1v) is 5.28. The molecule has 0 fully saturated rings. The molecule has 0 rings (SSSR count). The van der Waals surface area contributed by atoms with Crippen molar-refractivity contribution in [3.63, 3.8) is 0 Å². The van der Waals surface area contributed by atoms with Gasteiger partial charge in [-0.3, -0.25) is 0 Å². The van der Waals surface area contributed by atoms with Crippen molar-refractivity contribution in [2.24, 2.45) is 5.16 Å². The topological polar surface area (TPSA) is 65.0 Å². The predicted molar refractivity (Wildman–Crippen MR) is 64.4 cm³/mol. The Kier molecular flexibility index (Phi) is 7.34. The van der Waals surface area contributed by atoms with Crippen LogP contribution in [0.4, 0.5) is 0 Å². The van der Waals surface area contributed by atoms with Gasteiger partial charge in [0.25, 0.3) is 0 Å². The van der Waals surface area contributed by atoms with Gasteiger partial charge in [0.15, 0.2) is 0 Å². The summed E-state index contributed by atoms with van der Waals surface area (Å²) in [5.41, 5.74) is 0.716. The lowest BCUT2D eigenvalue weighted by atomic mass is 10.2. The van der Waals surface area contributed by atoms with Crippen LogP contribution in [0.2, 0.25) is 0 Å². The minimum Gasteiger partial charge on any atom is -0.456 e. The molecule has 0 aliphatic carbocycles. The third kappa shape index (κ3) is 6.29.